The maximum absolute atomic E-state index is 13.8. The fourth-order valence-corrected chi connectivity index (χ4v) is 24.6. The molecule has 0 saturated carbocycles. The first-order valence-electron chi connectivity index (χ1n) is 43.0. The van der Waals surface area contributed by atoms with Crippen LogP contribution in [0, 0.1) is 30.2 Å². The van der Waals surface area contributed by atoms with Crippen LogP contribution < -0.4 is 54.2 Å². The Balaban J connectivity index is 0.000000260. The van der Waals surface area contributed by atoms with Crippen LogP contribution in [0.1, 0.15) is 89.6 Å². The monoisotopic (exact) mass is 2180 g/mol. The van der Waals surface area contributed by atoms with E-state index < -0.39 is 104 Å². The number of amides is 4. The number of aryl methyl sites for hydroxylation is 1. The van der Waals surface area contributed by atoms with Crippen molar-refractivity contribution in [3.8, 4) is 0 Å². The van der Waals surface area contributed by atoms with Crippen molar-refractivity contribution in [1.82, 2.24) is 44.5 Å². The maximum atomic E-state index is 13.8. The molecule has 0 aliphatic carbocycles. The van der Waals surface area contributed by atoms with Gasteiger partial charge in [-0.15, -0.1) is 31.7 Å². The van der Waals surface area contributed by atoms with Gasteiger partial charge < -0.3 is 44.6 Å². The number of alkyl halides is 6. The number of nitrogen functional groups attached to an aromatic ring is 1. The molecule has 4 aromatic heterocycles. The van der Waals surface area contributed by atoms with E-state index in [0.717, 1.165) is 77.8 Å². The second-order valence-corrected chi connectivity index (χ2v) is 43.7. The van der Waals surface area contributed by atoms with Gasteiger partial charge >= 0.3 is 12.4 Å². The van der Waals surface area contributed by atoms with E-state index in [1.807, 2.05) is 41.7 Å². The van der Waals surface area contributed by atoms with Crippen LogP contribution in [0.4, 0.5) is 104 Å². The molecule has 141 heavy (non-hydrogen) atoms. The van der Waals surface area contributed by atoms with Gasteiger partial charge in [0.05, 0.1) is 35.8 Å². The zero-order valence-electron chi connectivity index (χ0n) is 73.6. The van der Waals surface area contributed by atoms with Crippen LogP contribution in [0.2, 0.25) is 15.1 Å². The van der Waals surface area contributed by atoms with Gasteiger partial charge in [-0.05, 0) is 238 Å². The lowest BCUT2D eigenvalue weighted by Crippen LogP contribution is -2.52. The summed E-state index contributed by atoms with van der Waals surface area (Å²) in [6.07, 6.45) is -3.83. The molecule has 8 aliphatic rings. The number of carbonyl (C=O) groups excluding carboxylic acids is 4. The lowest BCUT2D eigenvalue weighted by atomic mass is 10.1. The Kier molecular flexibility index (Phi) is 30.7. The number of piperazine rings is 1. The number of aromatic nitrogens is 7. The van der Waals surface area contributed by atoms with Crippen molar-refractivity contribution in [3.05, 3.63) is 246 Å². The number of halogens is 13. The van der Waals surface area contributed by atoms with E-state index in [-0.39, 0.29) is 123 Å². The summed E-state index contributed by atoms with van der Waals surface area (Å²) in [5.41, 5.74) is 12.9. The average molecular weight is 2180 g/mol. The van der Waals surface area contributed by atoms with Gasteiger partial charge in [-0.3, -0.25) is 47.4 Å². The predicted octanol–water partition coefficient (Wildman–Crippen LogP) is 17.7. The second kappa shape index (κ2) is 42.3. The Morgan fingerprint density at radius 1 is 0.475 bits per heavy atom. The summed E-state index contributed by atoms with van der Waals surface area (Å²) in [5.74, 6) is -3.51. The van der Waals surface area contributed by atoms with Gasteiger partial charge in [-0.25, -0.2) is 47.8 Å². The molecule has 0 radical (unpaired) electrons. The number of nitrogens with one attached hydrogen (secondary N) is 3. The minimum Gasteiger partial charge on any atom is -0.768 e. The predicted molar refractivity (Wildman–Crippen MR) is 534 cm³/mol. The van der Waals surface area contributed by atoms with Crippen LogP contribution >= 0.6 is 80.3 Å². The van der Waals surface area contributed by atoms with Gasteiger partial charge in [0.1, 0.15) is 46.4 Å². The first-order chi connectivity index (χ1) is 67.0. The number of rotatable bonds is 20. The summed E-state index contributed by atoms with van der Waals surface area (Å²) >= 11 is 19.0. The molecule has 5 saturated heterocycles. The molecule has 5 N–H and O–H groups in total. The molecule has 32 nitrogen and oxygen atoms in total. The smallest absolute Gasteiger partial charge is 0.452 e. The van der Waals surface area contributed by atoms with Crippen molar-refractivity contribution in [2.45, 2.75) is 121 Å². The van der Waals surface area contributed by atoms with E-state index >= 15 is 0 Å². The Labute approximate surface area is 847 Å². The molecule has 0 bridgehead atoms. The lowest BCUT2D eigenvalue weighted by molar-refractivity contribution is -0.144. The highest BCUT2D eigenvalue weighted by atomic mass is 35.5. The number of hydrogen-bond donors (Lipinski definition) is 4. The van der Waals surface area contributed by atoms with Gasteiger partial charge in [0.15, 0.2) is 5.13 Å². The molecule has 5 fully saturated rings. The third-order valence-corrected chi connectivity index (χ3v) is 33.7. The highest BCUT2D eigenvalue weighted by molar-refractivity contribution is 7.93. The molecule has 762 valence electrons. The van der Waals surface area contributed by atoms with Gasteiger partial charge in [0, 0.05) is 159 Å². The van der Waals surface area contributed by atoms with E-state index in [2.05, 4.69) is 56.2 Å². The van der Waals surface area contributed by atoms with Crippen LogP contribution in [-0.4, -0.2) is 198 Å². The van der Waals surface area contributed by atoms with E-state index in [0.29, 0.717) is 123 Å². The van der Waals surface area contributed by atoms with Crippen LogP contribution in [0.15, 0.2) is 189 Å². The molecular weight excluding hydrogens is 2080 g/mol. The summed E-state index contributed by atoms with van der Waals surface area (Å²) in [6.45, 7) is 10.7. The number of carbonyl (C=O) groups is 4. The highest BCUT2D eigenvalue weighted by Crippen LogP contribution is 2.45. The Bertz CT molecular complexity index is 6890. The highest BCUT2D eigenvalue weighted by Gasteiger charge is 2.46. The number of benzene rings is 8. The quantitative estimate of drug-likeness (QED) is 0.0407. The van der Waals surface area contributed by atoms with Crippen LogP contribution in [-0.2, 0) is 91.9 Å². The average Bonchev–Trinajstić information content (AvgIpc) is 1.62. The zero-order chi connectivity index (χ0) is 101. The van der Waals surface area contributed by atoms with Crippen molar-refractivity contribution >= 4 is 205 Å². The molecule has 8 aromatic carbocycles. The van der Waals surface area contributed by atoms with Crippen molar-refractivity contribution in [1.29, 1.82) is 0 Å². The van der Waals surface area contributed by atoms with E-state index in [1.165, 1.54) is 124 Å². The Hall–Kier alpha value is -11.4. The summed E-state index contributed by atoms with van der Waals surface area (Å²) in [7, 11) is -12.3. The lowest BCUT2D eigenvalue weighted by Gasteiger charge is -2.40. The fourth-order valence-electron chi connectivity index (χ4n) is 17.6. The molecule has 12 aromatic rings. The molecule has 1 unspecified atom stereocenters. The summed E-state index contributed by atoms with van der Waals surface area (Å²) in [4.78, 5) is 76.2. The Morgan fingerprint density at radius 2 is 0.851 bits per heavy atom. The number of nitrogens with two attached hydrogens (primary N) is 1. The van der Waals surface area contributed by atoms with E-state index in [9.17, 15) is 97.1 Å². The minimum atomic E-state index is -4.79. The van der Waals surface area contributed by atoms with Crippen LogP contribution in [0.3, 0.4) is 0 Å². The van der Waals surface area contributed by atoms with Gasteiger partial charge in [0.25, 0.3) is 30.1 Å². The van der Waals surface area contributed by atoms with Crippen molar-refractivity contribution in [3.63, 3.8) is 0 Å². The molecule has 6 atom stereocenters. The molecule has 53 heteroatoms. The zero-order valence-corrected chi connectivity index (χ0v) is 82.4. The van der Waals surface area contributed by atoms with Crippen LogP contribution in [0.5, 0.6) is 0 Å². The third-order valence-electron chi connectivity index (χ3n) is 24.5. The number of thiazole rings is 1. The summed E-state index contributed by atoms with van der Waals surface area (Å²) in [6, 6.07) is 37.5. The molecule has 12 heterocycles. The standard InChI is InChI=1S/C22H26FN3O3S.2C21H16ClF4N5O3S2.C21H19ClFN5O3S2.C3H4N2S.9H2/c1-16(17-2-4-18(23)5-3-17)24-12-14-25(15-13-24)21-10-11-26(22(21)27)19-6-8-20(9-7-19)30(28)29;22-17-13-7-9-31(15(13)6-5-14(17)23)16-8-10-30(18(16)32)11-1-3-12(4-2-11)36(33,34)29-20-28-27-19(35-20)21(24,25)26;22-17-13-7-9-31(15(13)6-5-14(17)23)16-8-10-30(18(16)32)11-1-3-12(4-2-11)36(33,34)29-20-27-19(28-35-20)21(24,25)26;1-12-24-25-21(32-12)26-33(30,31)14-4-2-13(3-5-14)27-11-9-18(20(27)29)28-10-8-15-17(28)7-6-16(23)19(15)22;4-3-5-1-2-6-3;;;;;;;;;/h2-9,16,21H,10-15H2,1H3,(H,28,29);1-6,16H,7-10H2,(H,28,29);1-6,16H,7-10H2,(H,27,28,29);2-7,18H,8-11H2,1H3,(H,25,26);1-2H,(H2,4,5);9*1H/p-1/t16-,21-;2*16-;18-;;;;;;;;;;/m0000........../s1. The first-order valence-corrected chi connectivity index (χ1v) is 53.0. The van der Waals surface area contributed by atoms with Crippen molar-refractivity contribution in [2.24, 2.45) is 0 Å². The van der Waals surface area contributed by atoms with Gasteiger partial charge in [-0.1, -0.05) is 69.6 Å². The van der Waals surface area contributed by atoms with Crippen molar-refractivity contribution in [2.75, 3.05) is 126 Å². The maximum Gasteiger partial charge on any atom is 0.452 e. The third kappa shape index (κ3) is 22.7. The second-order valence-electron chi connectivity index (χ2n) is 32.7. The number of nitrogens with zero attached hydrogens (tertiary/aromatic N) is 16. The number of anilines is 11. The number of hydrogen-bond acceptors (Lipinski definition) is 29. The molecule has 0 spiro atoms. The molecule has 20 rings (SSSR count). The molecule has 4 amide bonds. The normalized spacial score (nSPS) is 18.8. The van der Waals surface area contributed by atoms with Gasteiger partial charge in [-0.2, -0.15) is 35.7 Å². The molecular formula is C88H98Cl3F10N20O12S8-. The Morgan fingerprint density at radius 3 is 1.19 bits per heavy atom. The summed E-state index contributed by atoms with van der Waals surface area (Å²) < 4.78 is 238. The SMILES string of the molecule is C[C@@H](c1ccc(F)cc1)N1CCN([C@H]2CCN(c3ccc(S(=O)[O-])cc3)C2=O)CC1.Cc1nnc(NS(=O)(=O)c2ccc(N3CC[C@H](N4CCc5c4ccc(F)c5Cl)C3=O)cc2)s1.Nc1nccs1.O=C1[C@@H](N2CCc3c2ccc(F)c3Cl)CCN1c1ccc(S(=O)(=O)Nc2nc(C(F)(F)F)ns2)cc1.O=C1[C@@H](N2CCc3c2ccc(F)c3Cl)CCN1c1ccc(S(=O)(=O)Nc2nnc(C(F)(F)F)s2)cc1.[HH].[HH].[HH].[HH].[HH].[HH].[HH].[HH].[HH]. The van der Waals surface area contributed by atoms with Crippen molar-refractivity contribution < 1.29 is 110 Å². The minimum absolute atomic E-state index is 0. The first kappa shape index (κ1) is 103. The number of sulfonamides is 3. The van der Waals surface area contributed by atoms with Crippen LogP contribution in [0.25, 0.3) is 0 Å². The number of fused-ring (bicyclic) bond motifs is 3. The molecule has 8 aliphatic heterocycles. The van der Waals surface area contributed by atoms with Gasteiger partial charge in [0.2, 0.25) is 49.9 Å². The topological polar surface area (TPSA) is 392 Å². The fraction of sp³-hybridized carbons (Fsp3) is 0.307. The van der Waals surface area contributed by atoms with E-state index in [4.69, 9.17) is 40.5 Å². The van der Waals surface area contributed by atoms with E-state index in [1.54, 1.807) is 65.4 Å². The largest absolute Gasteiger partial charge is 0.768 e. The summed E-state index contributed by atoms with van der Waals surface area (Å²) in [5, 5.41) is 15.0.